The van der Waals surface area contributed by atoms with Gasteiger partial charge in [-0.15, -0.1) is 10.2 Å². The highest BCUT2D eigenvalue weighted by atomic mass is 19.4. The molecular weight excluding hydrogens is 225 g/mol. The van der Waals surface area contributed by atoms with Crippen LogP contribution in [0.1, 0.15) is 30.9 Å². The third-order valence-electron chi connectivity index (χ3n) is 2.43. The monoisotopic (exact) mass is 234 g/mol. The Kier molecular flexibility index (Phi) is 2.56. The largest absolute Gasteiger partial charge is 0.451 e. The molecule has 1 aromatic rings. The van der Waals surface area contributed by atoms with E-state index in [1.54, 1.807) is 0 Å². The first-order valence-corrected chi connectivity index (χ1v) is 4.75. The smallest absolute Gasteiger partial charge is 0.411 e. The SMILES string of the molecule is O/N=C1\CCCCn2c1nnc2C(F)(F)F. The standard InChI is InChI=1S/C8H9F3N4O/c9-8(10,11)7-13-12-6-5(14-16)3-1-2-4-15(6)7/h16H,1-4H2/b14-5+. The average molecular weight is 234 g/mol. The van der Waals surface area contributed by atoms with Gasteiger partial charge in [0.2, 0.25) is 5.82 Å². The molecule has 0 fully saturated rings. The van der Waals surface area contributed by atoms with Crippen LogP contribution in [0, 0.1) is 0 Å². The summed E-state index contributed by atoms with van der Waals surface area (Å²) in [5.74, 6) is -1.03. The third kappa shape index (κ3) is 1.74. The van der Waals surface area contributed by atoms with Gasteiger partial charge in [-0.2, -0.15) is 13.2 Å². The van der Waals surface area contributed by atoms with Crippen molar-refractivity contribution in [2.24, 2.45) is 5.16 Å². The Labute approximate surface area is 88.6 Å². The molecule has 1 aromatic heterocycles. The Morgan fingerprint density at radius 1 is 1.25 bits per heavy atom. The molecule has 0 saturated carbocycles. The molecule has 1 aliphatic heterocycles. The van der Waals surface area contributed by atoms with Crippen molar-refractivity contribution in [2.45, 2.75) is 32.0 Å². The number of nitrogens with zero attached hydrogens (tertiary/aromatic N) is 4. The topological polar surface area (TPSA) is 63.3 Å². The van der Waals surface area contributed by atoms with Crippen LogP contribution in [0.3, 0.4) is 0 Å². The Hall–Kier alpha value is -1.60. The highest BCUT2D eigenvalue weighted by Crippen LogP contribution is 2.29. The molecule has 1 N–H and O–H groups in total. The highest BCUT2D eigenvalue weighted by Gasteiger charge is 2.39. The van der Waals surface area contributed by atoms with E-state index >= 15 is 0 Å². The van der Waals surface area contributed by atoms with Crippen molar-refractivity contribution in [3.8, 4) is 0 Å². The molecule has 0 unspecified atom stereocenters. The van der Waals surface area contributed by atoms with Crippen molar-refractivity contribution in [1.82, 2.24) is 14.8 Å². The van der Waals surface area contributed by atoms with Gasteiger partial charge in [-0.25, -0.2) is 0 Å². The van der Waals surface area contributed by atoms with E-state index in [4.69, 9.17) is 5.21 Å². The van der Waals surface area contributed by atoms with Crippen LogP contribution in [-0.2, 0) is 12.7 Å². The van der Waals surface area contributed by atoms with Crippen LogP contribution < -0.4 is 0 Å². The van der Waals surface area contributed by atoms with Gasteiger partial charge in [0, 0.05) is 6.54 Å². The van der Waals surface area contributed by atoms with Gasteiger partial charge in [0.25, 0.3) is 0 Å². The molecule has 0 aliphatic carbocycles. The molecule has 0 atom stereocenters. The molecule has 5 nitrogen and oxygen atoms in total. The van der Waals surface area contributed by atoms with Crippen LogP contribution in [0.15, 0.2) is 5.16 Å². The number of aromatic nitrogens is 3. The minimum absolute atomic E-state index is 0.00678. The lowest BCUT2D eigenvalue weighted by Gasteiger charge is -2.08. The van der Waals surface area contributed by atoms with Gasteiger partial charge < -0.3 is 9.77 Å². The fourth-order valence-electron chi connectivity index (χ4n) is 1.71. The van der Waals surface area contributed by atoms with E-state index in [0.29, 0.717) is 19.3 Å². The second-order valence-corrected chi connectivity index (χ2v) is 3.50. The van der Waals surface area contributed by atoms with Crippen LogP contribution in [0.5, 0.6) is 0 Å². The van der Waals surface area contributed by atoms with Crippen molar-refractivity contribution in [3.05, 3.63) is 11.6 Å². The first-order valence-electron chi connectivity index (χ1n) is 4.75. The predicted octanol–water partition coefficient (Wildman–Crippen LogP) is 1.66. The lowest BCUT2D eigenvalue weighted by Crippen LogP contribution is -2.17. The Morgan fingerprint density at radius 3 is 2.62 bits per heavy atom. The van der Waals surface area contributed by atoms with Crippen molar-refractivity contribution < 1.29 is 18.4 Å². The summed E-state index contributed by atoms with van der Waals surface area (Å²) in [6.07, 6.45) is -2.88. The number of oxime groups is 1. The maximum absolute atomic E-state index is 12.5. The maximum atomic E-state index is 12.5. The first-order chi connectivity index (χ1) is 7.54. The van der Waals surface area contributed by atoms with Crippen molar-refractivity contribution >= 4 is 5.71 Å². The lowest BCUT2D eigenvalue weighted by atomic mass is 10.2. The fraction of sp³-hybridized carbons (Fsp3) is 0.625. The molecule has 0 saturated heterocycles. The molecule has 16 heavy (non-hydrogen) atoms. The van der Waals surface area contributed by atoms with E-state index in [-0.39, 0.29) is 18.1 Å². The van der Waals surface area contributed by atoms with E-state index in [9.17, 15) is 13.2 Å². The molecule has 8 heteroatoms. The number of alkyl halides is 3. The summed E-state index contributed by atoms with van der Waals surface area (Å²) in [5, 5.41) is 18.2. The lowest BCUT2D eigenvalue weighted by molar-refractivity contribution is -0.147. The minimum atomic E-state index is -4.53. The number of hydrogen-bond donors (Lipinski definition) is 1. The molecule has 0 aromatic carbocycles. The summed E-state index contributed by atoms with van der Waals surface area (Å²) in [6, 6.07) is 0. The van der Waals surface area contributed by atoms with Gasteiger partial charge >= 0.3 is 6.18 Å². The van der Waals surface area contributed by atoms with Gasteiger partial charge in [0.15, 0.2) is 5.82 Å². The van der Waals surface area contributed by atoms with Crippen LogP contribution in [0.2, 0.25) is 0 Å². The summed E-state index contributed by atoms with van der Waals surface area (Å²) in [7, 11) is 0. The zero-order chi connectivity index (χ0) is 11.8. The van der Waals surface area contributed by atoms with Gasteiger partial charge in [0.1, 0.15) is 5.71 Å². The number of hydrogen-bond acceptors (Lipinski definition) is 4. The molecular formula is C8H9F3N4O. The van der Waals surface area contributed by atoms with Gasteiger partial charge in [-0.1, -0.05) is 5.16 Å². The van der Waals surface area contributed by atoms with Gasteiger partial charge in [-0.05, 0) is 19.3 Å². The highest BCUT2D eigenvalue weighted by molar-refractivity contribution is 5.97. The quantitative estimate of drug-likeness (QED) is 0.548. The summed E-state index contributed by atoms with van der Waals surface area (Å²) >= 11 is 0. The van der Waals surface area contributed by atoms with E-state index in [1.165, 1.54) is 0 Å². The van der Waals surface area contributed by atoms with E-state index in [2.05, 4.69) is 15.4 Å². The van der Waals surface area contributed by atoms with E-state index < -0.39 is 12.0 Å². The molecule has 0 bridgehead atoms. The van der Waals surface area contributed by atoms with Crippen LogP contribution in [0.4, 0.5) is 13.2 Å². The fourth-order valence-corrected chi connectivity index (χ4v) is 1.71. The van der Waals surface area contributed by atoms with Crippen LogP contribution in [0.25, 0.3) is 0 Å². The predicted molar refractivity (Wildman–Crippen MR) is 47.2 cm³/mol. The zero-order valence-corrected chi connectivity index (χ0v) is 8.20. The minimum Gasteiger partial charge on any atom is -0.411 e. The average Bonchev–Trinajstić information content (AvgIpc) is 2.53. The molecule has 0 amide bonds. The second kappa shape index (κ2) is 3.76. The van der Waals surface area contributed by atoms with Gasteiger partial charge in [-0.3, -0.25) is 0 Å². The molecule has 0 spiro atoms. The summed E-state index contributed by atoms with van der Waals surface area (Å²) < 4.78 is 38.6. The molecule has 2 rings (SSSR count). The maximum Gasteiger partial charge on any atom is 0.451 e. The molecule has 88 valence electrons. The molecule has 0 radical (unpaired) electrons. The first kappa shape index (κ1) is 10.9. The van der Waals surface area contributed by atoms with Crippen molar-refractivity contribution in [1.29, 1.82) is 0 Å². The second-order valence-electron chi connectivity index (χ2n) is 3.50. The zero-order valence-electron chi connectivity index (χ0n) is 8.20. The summed E-state index contributed by atoms with van der Waals surface area (Å²) in [5.41, 5.74) is 0.153. The summed E-state index contributed by atoms with van der Waals surface area (Å²) in [4.78, 5) is 0. The van der Waals surface area contributed by atoms with Gasteiger partial charge in [0.05, 0.1) is 0 Å². The van der Waals surface area contributed by atoms with Crippen molar-refractivity contribution in [3.63, 3.8) is 0 Å². The third-order valence-corrected chi connectivity index (χ3v) is 2.43. The normalized spacial score (nSPS) is 19.6. The van der Waals surface area contributed by atoms with E-state index in [1.807, 2.05) is 0 Å². The summed E-state index contributed by atoms with van der Waals surface area (Å²) in [6.45, 7) is 0.191. The Morgan fingerprint density at radius 2 is 2.00 bits per heavy atom. The van der Waals surface area contributed by atoms with E-state index in [0.717, 1.165) is 4.57 Å². The number of fused-ring (bicyclic) bond motifs is 1. The van der Waals surface area contributed by atoms with Crippen LogP contribution in [-0.4, -0.2) is 25.7 Å². The Balaban J connectivity index is 2.52. The number of rotatable bonds is 0. The van der Waals surface area contributed by atoms with Crippen LogP contribution >= 0.6 is 0 Å². The number of halogens is 3. The Bertz CT molecular complexity index is 423. The van der Waals surface area contributed by atoms with Crippen molar-refractivity contribution in [2.75, 3.05) is 0 Å². The molecule has 2 heterocycles. The molecule has 1 aliphatic rings.